The molecule has 0 heterocycles. The number of phenolic OH excluding ortho intramolecular Hbond substituents is 1. The minimum atomic E-state index is -0.907. The molecule has 180 valence electrons. The summed E-state index contributed by atoms with van der Waals surface area (Å²) in [6.07, 6.45) is 1.20. The fourth-order valence-electron chi connectivity index (χ4n) is 3.16. The topological polar surface area (TPSA) is 150 Å². The summed E-state index contributed by atoms with van der Waals surface area (Å²) in [5.74, 6) is -0.533. The molecule has 0 bridgehead atoms. The minimum Gasteiger partial charge on any atom is -0.504 e. The van der Waals surface area contributed by atoms with Gasteiger partial charge in [-0.2, -0.15) is 5.26 Å². The Bertz CT molecular complexity index is 1030. The summed E-state index contributed by atoms with van der Waals surface area (Å²) in [5, 5.41) is 30.4. The van der Waals surface area contributed by atoms with Crippen LogP contribution in [0.15, 0.2) is 54.6 Å². The van der Waals surface area contributed by atoms with Crippen LogP contribution in [0.4, 0.5) is 10.5 Å². The van der Waals surface area contributed by atoms with Crippen molar-refractivity contribution >= 4 is 17.7 Å². The van der Waals surface area contributed by atoms with Crippen LogP contribution in [-0.2, 0) is 14.3 Å². The summed E-state index contributed by atoms with van der Waals surface area (Å²) >= 11 is 0. The number of anilines is 1. The van der Waals surface area contributed by atoms with Crippen molar-refractivity contribution in [2.24, 2.45) is 0 Å². The van der Waals surface area contributed by atoms with Gasteiger partial charge in [-0.25, -0.2) is 10.3 Å². The number of phenols is 1. The van der Waals surface area contributed by atoms with Crippen molar-refractivity contribution in [3.63, 3.8) is 0 Å². The fourth-order valence-corrected chi connectivity index (χ4v) is 3.16. The maximum Gasteiger partial charge on any atom is 0.412 e. The number of rotatable bonds is 11. The highest BCUT2D eigenvalue weighted by Gasteiger charge is 2.28. The number of aromatic hydroxyl groups is 1. The maximum absolute atomic E-state index is 12.7. The highest BCUT2D eigenvalue weighted by atomic mass is 16.6. The number of nitrogens with zero attached hydrogens (tertiary/aromatic N) is 1. The van der Waals surface area contributed by atoms with Crippen molar-refractivity contribution < 1.29 is 34.1 Å². The van der Waals surface area contributed by atoms with Crippen LogP contribution in [0.3, 0.4) is 0 Å². The molecule has 4 N–H and O–H groups in total. The number of nitriles is 1. The third-order valence-electron chi connectivity index (χ3n) is 4.74. The highest BCUT2D eigenvalue weighted by molar-refractivity contribution is 5.86. The first-order valence-corrected chi connectivity index (χ1v) is 10.5. The lowest BCUT2D eigenvalue weighted by Gasteiger charge is -2.27. The first-order chi connectivity index (χ1) is 16.4. The van der Waals surface area contributed by atoms with Crippen molar-refractivity contribution in [1.82, 2.24) is 5.48 Å². The Morgan fingerprint density at radius 3 is 2.53 bits per heavy atom. The zero-order valence-electron chi connectivity index (χ0n) is 18.9. The van der Waals surface area contributed by atoms with Crippen molar-refractivity contribution in [2.75, 3.05) is 19.0 Å². The Morgan fingerprint density at radius 2 is 1.94 bits per heavy atom. The van der Waals surface area contributed by atoms with E-state index >= 15 is 0 Å². The van der Waals surface area contributed by atoms with E-state index in [-0.39, 0.29) is 11.5 Å². The number of allylic oxidation sites excluding steroid dienone is 1. The molecule has 2 atom stereocenters. The molecular formula is C24H27N3O7. The molecule has 0 saturated carbocycles. The van der Waals surface area contributed by atoms with Gasteiger partial charge < -0.3 is 19.3 Å². The number of carbonyl (C=O) groups excluding carboxylic acids is 2. The van der Waals surface area contributed by atoms with E-state index in [4.69, 9.17) is 24.7 Å². The Kier molecular flexibility index (Phi) is 10.4. The SMILES string of the molecule is CCO[C@@H](CC/C=C/C(=O)NO)[C@@H](OC(=O)Nc1ccc(C#N)cc1)c1ccc(OC)c(O)c1. The molecule has 0 fully saturated rings. The van der Waals surface area contributed by atoms with Crippen LogP contribution >= 0.6 is 0 Å². The molecule has 34 heavy (non-hydrogen) atoms. The Balaban J connectivity index is 2.26. The van der Waals surface area contributed by atoms with Gasteiger partial charge in [-0.1, -0.05) is 12.1 Å². The number of nitrogens with one attached hydrogen (secondary N) is 2. The number of benzene rings is 2. The molecule has 2 rings (SSSR count). The summed E-state index contributed by atoms with van der Waals surface area (Å²) in [7, 11) is 1.42. The maximum atomic E-state index is 12.7. The monoisotopic (exact) mass is 469 g/mol. The van der Waals surface area contributed by atoms with Gasteiger partial charge in [0.15, 0.2) is 17.6 Å². The largest absolute Gasteiger partial charge is 0.504 e. The number of ether oxygens (including phenoxy) is 3. The van der Waals surface area contributed by atoms with Crippen LogP contribution in [0.1, 0.15) is 37.0 Å². The van der Waals surface area contributed by atoms with Crippen LogP contribution in [0.25, 0.3) is 0 Å². The number of hydrogen-bond donors (Lipinski definition) is 4. The first kappa shape index (κ1) is 26.2. The summed E-state index contributed by atoms with van der Waals surface area (Å²) in [5.41, 5.74) is 2.87. The molecule has 10 heteroatoms. The van der Waals surface area contributed by atoms with Crippen LogP contribution < -0.4 is 15.5 Å². The molecule has 0 aliphatic heterocycles. The zero-order valence-corrected chi connectivity index (χ0v) is 18.9. The van der Waals surface area contributed by atoms with Crippen LogP contribution in [0.5, 0.6) is 11.5 Å². The van der Waals surface area contributed by atoms with Gasteiger partial charge in [-0.15, -0.1) is 0 Å². The Morgan fingerprint density at radius 1 is 1.21 bits per heavy atom. The minimum absolute atomic E-state index is 0.129. The molecule has 0 spiro atoms. The van der Waals surface area contributed by atoms with E-state index in [0.717, 1.165) is 0 Å². The number of carbonyl (C=O) groups is 2. The average Bonchev–Trinajstić information content (AvgIpc) is 2.84. The molecule has 2 amide bonds. The molecule has 0 aliphatic carbocycles. The summed E-state index contributed by atoms with van der Waals surface area (Å²) in [4.78, 5) is 23.9. The average molecular weight is 469 g/mol. The molecule has 10 nitrogen and oxygen atoms in total. The van der Waals surface area contributed by atoms with Gasteiger partial charge in [0, 0.05) is 18.4 Å². The van der Waals surface area contributed by atoms with E-state index in [9.17, 15) is 14.7 Å². The molecular weight excluding hydrogens is 442 g/mol. The second-order valence-corrected chi connectivity index (χ2v) is 7.02. The van der Waals surface area contributed by atoms with Crippen LogP contribution in [-0.4, -0.2) is 42.1 Å². The van der Waals surface area contributed by atoms with E-state index in [1.165, 1.54) is 24.7 Å². The number of hydrogen-bond acceptors (Lipinski definition) is 8. The zero-order chi connectivity index (χ0) is 24.9. The second-order valence-electron chi connectivity index (χ2n) is 7.02. The Hall–Kier alpha value is -4.07. The van der Waals surface area contributed by atoms with Gasteiger partial charge in [-0.05, 0) is 61.7 Å². The van der Waals surface area contributed by atoms with Crippen molar-refractivity contribution in [3.05, 3.63) is 65.7 Å². The van der Waals surface area contributed by atoms with E-state index in [1.54, 1.807) is 49.4 Å². The van der Waals surface area contributed by atoms with E-state index < -0.39 is 24.2 Å². The molecule has 0 radical (unpaired) electrons. The van der Waals surface area contributed by atoms with Gasteiger partial charge >= 0.3 is 6.09 Å². The van der Waals surface area contributed by atoms with Gasteiger partial charge in [0.1, 0.15) is 0 Å². The molecule has 0 saturated heterocycles. The molecule has 2 aromatic rings. The van der Waals surface area contributed by atoms with Crippen molar-refractivity contribution in [2.45, 2.75) is 32.0 Å². The lowest BCUT2D eigenvalue weighted by Crippen LogP contribution is -2.29. The van der Waals surface area contributed by atoms with E-state index in [2.05, 4.69) is 5.32 Å². The van der Waals surface area contributed by atoms with Gasteiger partial charge in [-0.3, -0.25) is 15.3 Å². The summed E-state index contributed by atoms with van der Waals surface area (Å²) < 4.78 is 16.6. The molecule has 2 aromatic carbocycles. The standard InChI is InChI=1S/C24H27N3O7/c1-3-33-21(6-4-5-7-22(29)27-31)23(17-10-13-20(32-2)19(28)14-17)34-24(30)26-18-11-8-16(15-25)9-12-18/h5,7-14,21,23,28,31H,3-4,6H2,1-2H3,(H,26,30)(H,27,29)/b7-5+/t21-,23-/m0/s1. The first-order valence-electron chi connectivity index (χ1n) is 10.5. The van der Waals surface area contributed by atoms with E-state index in [1.807, 2.05) is 6.07 Å². The Labute approximate surface area is 197 Å². The molecule has 0 aromatic heterocycles. The van der Waals surface area contributed by atoms with Crippen molar-refractivity contribution in [3.8, 4) is 17.6 Å². The number of methoxy groups -OCH3 is 1. The summed E-state index contributed by atoms with van der Waals surface area (Å²) in [6, 6.07) is 12.9. The fraction of sp³-hybridized carbons (Fsp3) is 0.292. The summed E-state index contributed by atoms with van der Waals surface area (Å²) in [6.45, 7) is 2.12. The molecule has 0 aliphatic rings. The normalized spacial score (nSPS) is 12.4. The van der Waals surface area contributed by atoms with Crippen molar-refractivity contribution in [1.29, 1.82) is 5.26 Å². The smallest absolute Gasteiger partial charge is 0.412 e. The lowest BCUT2D eigenvalue weighted by atomic mass is 9.99. The third kappa shape index (κ3) is 7.81. The predicted molar refractivity (Wildman–Crippen MR) is 122 cm³/mol. The van der Waals surface area contributed by atoms with Gasteiger partial charge in [0.05, 0.1) is 24.8 Å². The lowest BCUT2D eigenvalue weighted by molar-refractivity contribution is -0.124. The highest BCUT2D eigenvalue weighted by Crippen LogP contribution is 2.34. The number of hydroxylamine groups is 1. The number of amides is 2. The second kappa shape index (κ2) is 13.5. The van der Waals surface area contributed by atoms with Crippen LogP contribution in [0.2, 0.25) is 0 Å². The van der Waals surface area contributed by atoms with E-state index in [0.29, 0.717) is 36.3 Å². The molecule has 0 unspecified atom stereocenters. The predicted octanol–water partition coefficient (Wildman–Crippen LogP) is 3.81. The van der Waals surface area contributed by atoms with Crippen LogP contribution in [0, 0.1) is 11.3 Å². The van der Waals surface area contributed by atoms with Gasteiger partial charge in [0.2, 0.25) is 0 Å². The van der Waals surface area contributed by atoms with Gasteiger partial charge in [0.25, 0.3) is 5.91 Å². The quantitative estimate of drug-likeness (QED) is 0.220. The third-order valence-corrected chi connectivity index (χ3v) is 4.74.